The number of fused-ring (bicyclic) bond motifs is 2. The van der Waals surface area contributed by atoms with Gasteiger partial charge in [0.25, 0.3) is 0 Å². The largest absolute Gasteiger partial charge is 0.478 e. The Bertz CT molecular complexity index is 1270. The summed E-state index contributed by atoms with van der Waals surface area (Å²) in [5.74, 6) is -0.935. The van der Waals surface area contributed by atoms with Gasteiger partial charge in [-0.05, 0) is 80.5 Å². The standard InChI is InChI=1S/C28H27NO2/c1-27(2)12-13-28(3,4)25-17-21(9-10-24(25)27)23(11-14-29)20-7-5-19-16-22(26(30)31)8-6-18(19)15-20/h5-11,15-17H,12-13H2,1-4H3,(H,30,31)/b23-11+. The second kappa shape index (κ2) is 7.39. The minimum atomic E-state index is -0.935. The first-order chi connectivity index (χ1) is 14.6. The molecule has 0 radical (unpaired) electrons. The lowest BCUT2D eigenvalue weighted by Gasteiger charge is -2.42. The molecule has 0 atom stereocenters. The van der Waals surface area contributed by atoms with Crippen LogP contribution in [0.15, 0.2) is 60.7 Å². The number of hydrogen-bond donors (Lipinski definition) is 1. The number of nitriles is 1. The summed E-state index contributed by atoms with van der Waals surface area (Å²) in [7, 11) is 0. The molecule has 1 aliphatic carbocycles. The summed E-state index contributed by atoms with van der Waals surface area (Å²) in [6, 6.07) is 19.9. The molecule has 3 aromatic rings. The Kier molecular flexibility index (Phi) is 4.98. The maximum absolute atomic E-state index is 11.3. The highest BCUT2D eigenvalue weighted by atomic mass is 16.4. The third-order valence-electron chi connectivity index (χ3n) is 6.77. The second-order valence-electron chi connectivity index (χ2n) is 9.80. The number of hydrogen-bond acceptors (Lipinski definition) is 2. The molecule has 0 aromatic heterocycles. The van der Waals surface area contributed by atoms with Gasteiger partial charge >= 0.3 is 5.97 Å². The highest BCUT2D eigenvalue weighted by molar-refractivity contribution is 5.96. The second-order valence-corrected chi connectivity index (χ2v) is 9.80. The van der Waals surface area contributed by atoms with Crippen LogP contribution in [0.5, 0.6) is 0 Å². The zero-order chi connectivity index (χ0) is 22.4. The van der Waals surface area contributed by atoms with E-state index in [9.17, 15) is 15.2 Å². The molecule has 3 heteroatoms. The minimum absolute atomic E-state index is 0.0925. The fourth-order valence-corrected chi connectivity index (χ4v) is 4.70. The summed E-state index contributed by atoms with van der Waals surface area (Å²) < 4.78 is 0. The molecule has 0 spiro atoms. The van der Waals surface area contributed by atoms with Crippen molar-refractivity contribution < 1.29 is 9.90 Å². The van der Waals surface area contributed by atoms with E-state index in [1.54, 1.807) is 18.2 Å². The summed E-state index contributed by atoms with van der Waals surface area (Å²) in [6.45, 7) is 9.21. The van der Waals surface area contributed by atoms with Crippen LogP contribution in [0.4, 0.5) is 0 Å². The van der Waals surface area contributed by atoms with Gasteiger partial charge in [0.1, 0.15) is 0 Å². The molecule has 0 saturated carbocycles. The molecule has 1 N–H and O–H groups in total. The molecule has 0 amide bonds. The predicted molar refractivity (Wildman–Crippen MR) is 125 cm³/mol. The molecule has 0 bridgehead atoms. The summed E-state index contributed by atoms with van der Waals surface area (Å²) in [4.78, 5) is 11.3. The zero-order valence-corrected chi connectivity index (χ0v) is 18.5. The van der Waals surface area contributed by atoms with Gasteiger partial charge in [0.2, 0.25) is 0 Å². The Morgan fingerprint density at radius 3 is 1.97 bits per heavy atom. The van der Waals surface area contributed by atoms with E-state index in [1.807, 2.05) is 24.3 Å². The third-order valence-corrected chi connectivity index (χ3v) is 6.77. The van der Waals surface area contributed by atoms with Crippen LogP contribution in [0.1, 0.15) is 73.1 Å². The first kappa shape index (κ1) is 20.9. The average molecular weight is 410 g/mol. The summed E-state index contributed by atoms with van der Waals surface area (Å²) >= 11 is 0. The van der Waals surface area contributed by atoms with E-state index in [-0.39, 0.29) is 16.4 Å². The van der Waals surface area contributed by atoms with Crippen molar-refractivity contribution in [1.82, 2.24) is 0 Å². The number of allylic oxidation sites excluding steroid dienone is 1. The van der Waals surface area contributed by atoms with E-state index in [0.717, 1.165) is 40.3 Å². The van der Waals surface area contributed by atoms with E-state index < -0.39 is 5.97 Å². The van der Waals surface area contributed by atoms with Crippen LogP contribution in [-0.2, 0) is 10.8 Å². The number of benzene rings is 3. The lowest BCUT2D eigenvalue weighted by atomic mass is 9.63. The SMILES string of the molecule is CC1(C)CCC(C)(C)c2cc(/C(=C/C#N)c3ccc4cc(C(=O)O)ccc4c3)ccc21. The molecule has 0 aliphatic heterocycles. The molecule has 156 valence electrons. The lowest BCUT2D eigenvalue weighted by Crippen LogP contribution is -2.33. The predicted octanol–water partition coefficient (Wildman–Crippen LogP) is 6.84. The Labute approximate surface area is 183 Å². The van der Waals surface area contributed by atoms with Crippen LogP contribution >= 0.6 is 0 Å². The van der Waals surface area contributed by atoms with Crippen molar-refractivity contribution in [1.29, 1.82) is 5.26 Å². The maximum atomic E-state index is 11.3. The molecule has 0 unspecified atom stereocenters. The van der Waals surface area contributed by atoms with Gasteiger partial charge in [0.05, 0.1) is 11.6 Å². The molecule has 1 aliphatic rings. The maximum Gasteiger partial charge on any atom is 0.335 e. The molecular weight excluding hydrogens is 382 g/mol. The minimum Gasteiger partial charge on any atom is -0.478 e. The molecule has 3 aromatic carbocycles. The molecule has 0 saturated heterocycles. The summed E-state index contributed by atoms with van der Waals surface area (Å²) in [5.41, 5.74) is 6.13. The highest BCUT2D eigenvalue weighted by Gasteiger charge is 2.37. The molecule has 4 rings (SSSR count). The summed E-state index contributed by atoms with van der Waals surface area (Å²) in [6.07, 6.45) is 3.90. The topological polar surface area (TPSA) is 61.1 Å². The van der Waals surface area contributed by atoms with Crippen molar-refractivity contribution in [2.75, 3.05) is 0 Å². The lowest BCUT2D eigenvalue weighted by molar-refractivity contribution is 0.0697. The van der Waals surface area contributed by atoms with Crippen LogP contribution in [0.25, 0.3) is 16.3 Å². The zero-order valence-electron chi connectivity index (χ0n) is 18.5. The average Bonchev–Trinajstić information content (AvgIpc) is 2.74. The van der Waals surface area contributed by atoms with Crippen molar-refractivity contribution in [3.63, 3.8) is 0 Å². The van der Waals surface area contributed by atoms with Crippen molar-refractivity contribution in [2.24, 2.45) is 0 Å². The molecule has 0 heterocycles. The quantitative estimate of drug-likeness (QED) is 0.482. The first-order valence-corrected chi connectivity index (χ1v) is 10.6. The Hall–Kier alpha value is -3.38. The van der Waals surface area contributed by atoms with E-state index >= 15 is 0 Å². The van der Waals surface area contributed by atoms with Gasteiger partial charge in [-0.2, -0.15) is 5.26 Å². The monoisotopic (exact) mass is 409 g/mol. The van der Waals surface area contributed by atoms with Gasteiger partial charge in [0, 0.05) is 6.08 Å². The Balaban J connectivity index is 1.84. The Morgan fingerprint density at radius 2 is 1.35 bits per heavy atom. The van der Waals surface area contributed by atoms with Gasteiger partial charge < -0.3 is 5.11 Å². The van der Waals surface area contributed by atoms with Gasteiger partial charge in [-0.3, -0.25) is 0 Å². The van der Waals surface area contributed by atoms with Crippen molar-refractivity contribution in [2.45, 2.75) is 51.4 Å². The van der Waals surface area contributed by atoms with E-state index in [1.165, 1.54) is 11.1 Å². The molecule has 31 heavy (non-hydrogen) atoms. The third kappa shape index (κ3) is 3.75. The van der Waals surface area contributed by atoms with Gasteiger partial charge in [-0.25, -0.2) is 4.79 Å². The van der Waals surface area contributed by atoms with Crippen molar-refractivity contribution in [3.05, 3.63) is 88.5 Å². The number of carbonyl (C=O) groups is 1. The number of aromatic carboxylic acids is 1. The smallest absolute Gasteiger partial charge is 0.335 e. The van der Waals surface area contributed by atoms with E-state index in [2.05, 4.69) is 52.0 Å². The fourth-order valence-electron chi connectivity index (χ4n) is 4.70. The number of carboxylic acid groups (broad SMARTS) is 1. The van der Waals surface area contributed by atoms with Crippen LogP contribution in [0.3, 0.4) is 0 Å². The van der Waals surface area contributed by atoms with Crippen LogP contribution in [-0.4, -0.2) is 11.1 Å². The number of carboxylic acids is 1. The fraction of sp³-hybridized carbons (Fsp3) is 0.286. The molecule has 0 fully saturated rings. The number of rotatable bonds is 3. The van der Waals surface area contributed by atoms with Gasteiger partial charge in [-0.1, -0.05) is 64.1 Å². The molecular formula is C28H27NO2. The van der Waals surface area contributed by atoms with E-state index in [0.29, 0.717) is 0 Å². The summed E-state index contributed by atoms with van der Waals surface area (Å²) in [5, 5.41) is 20.6. The van der Waals surface area contributed by atoms with Crippen LogP contribution in [0, 0.1) is 11.3 Å². The van der Waals surface area contributed by atoms with Crippen molar-refractivity contribution in [3.8, 4) is 6.07 Å². The van der Waals surface area contributed by atoms with Crippen LogP contribution < -0.4 is 0 Å². The van der Waals surface area contributed by atoms with Gasteiger partial charge in [0.15, 0.2) is 0 Å². The van der Waals surface area contributed by atoms with E-state index in [4.69, 9.17) is 0 Å². The highest BCUT2D eigenvalue weighted by Crippen LogP contribution is 2.46. The Morgan fingerprint density at radius 1 is 0.839 bits per heavy atom. The van der Waals surface area contributed by atoms with Crippen LogP contribution in [0.2, 0.25) is 0 Å². The van der Waals surface area contributed by atoms with Crippen molar-refractivity contribution >= 4 is 22.3 Å². The first-order valence-electron chi connectivity index (χ1n) is 10.6. The molecule has 3 nitrogen and oxygen atoms in total. The normalized spacial score (nSPS) is 17.1. The number of nitrogens with zero attached hydrogens (tertiary/aromatic N) is 1. The van der Waals surface area contributed by atoms with Gasteiger partial charge in [-0.15, -0.1) is 0 Å².